The molecule has 4 aromatic heterocycles. The Morgan fingerprint density at radius 3 is 2.61 bits per heavy atom. The van der Waals surface area contributed by atoms with Gasteiger partial charge in [0.25, 0.3) is 12.3 Å². The minimum absolute atomic E-state index is 0.0556. The van der Waals surface area contributed by atoms with E-state index in [1.165, 1.54) is 21.5 Å². The lowest BCUT2D eigenvalue weighted by molar-refractivity contribution is -0.143. The van der Waals surface area contributed by atoms with Gasteiger partial charge in [-0.05, 0) is 94.9 Å². The van der Waals surface area contributed by atoms with Gasteiger partial charge in [-0.3, -0.25) is 38.3 Å². The van der Waals surface area contributed by atoms with Crippen LogP contribution in [0.1, 0.15) is 104 Å². The number of imide groups is 1. The summed E-state index contributed by atoms with van der Waals surface area (Å²) in [6.07, 6.45) is 8.57. The maximum atomic E-state index is 14.3. The van der Waals surface area contributed by atoms with Crippen LogP contribution in [0.2, 0.25) is 0 Å². The van der Waals surface area contributed by atoms with E-state index >= 15 is 0 Å². The molecule has 358 valence electrons. The number of amides is 3. The Bertz CT molecular complexity index is 2710. The van der Waals surface area contributed by atoms with Gasteiger partial charge < -0.3 is 29.7 Å². The minimum atomic E-state index is -2.91. The van der Waals surface area contributed by atoms with Crippen molar-refractivity contribution < 1.29 is 42.5 Å². The van der Waals surface area contributed by atoms with Crippen LogP contribution in [0.5, 0.6) is 0 Å². The number of rotatable bonds is 19. The van der Waals surface area contributed by atoms with E-state index in [1.807, 2.05) is 31.3 Å². The predicted octanol–water partition coefficient (Wildman–Crippen LogP) is 4.52. The smallest absolute Gasteiger partial charge is 0.329 e. The van der Waals surface area contributed by atoms with Gasteiger partial charge in [-0.1, -0.05) is 12.1 Å². The van der Waals surface area contributed by atoms with Crippen molar-refractivity contribution in [3.8, 4) is 0 Å². The third kappa shape index (κ3) is 9.71. The molecule has 21 heteroatoms. The molecule has 4 atom stereocenters. The minimum Gasteiger partial charge on any atom is -0.481 e. The van der Waals surface area contributed by atoms with Crippen LogP contribution in [-0.2, 0) is 37.3 Å². The number of aromatic nitrogens is 7. The van der Waals surface area contributed by atoms with E-state index in [-0.39, 0.29) is 53.9 Å². The highest BCUT2D eigenvalue weighted by Crippen LogP contribution is 2.36. The molecule has 0 spiro atoms. The highest BCUT2D eigenvalue weighted by molar-refractivity contribution is 6.08. The Hall–Kier alpha value is -6.06. The summed E-state index contributed by atoms with van der Waals surface area (Å²) in [4.78, 5) is 72.3. The fraction of sp³-hybridized carbons (Fsp3) is 0.565. The quantitative estimate of drug-likeness (QED) is 0.0769. The van der Waals surface area contributed by atoms with Crippen molar-refractivity contribution in [1.29, 1.82) is 0 Å². The number of piperidine rings is 1. The third-order valence-electron chi connectivity index (χ3n) is 13.9. The van der Waals surface area contributed by atoms with Crippen LogP contribution in [-0.4, -0.2) is 126 Å². The zero-order valence-corrected chi connectivity index (χ0v) is 37.7. The molecule has 3 aliphatic heterocycles. The van der Waals surface area contributed by atoms with Crippen LogP contribution in [0.4, 0.5) is 20.3 Å². The molecular weight excluding hydrogens is 873 g/mol. The average Bonchev–Trinajstić information content (AvgIpc) is 4.16. The molecule has 1 aliphatic carbocycles. The molecule has 5 aromatic rings. The average molecular weight is 930 g/mol. The number of hydrogen-bond acceptors (Lipinski definition) is 12. The molecule has 3 saturated heterocycles. The molecule has 1 saturated carbocycles. The SMILES string of the molecule is CN(CC1CCC(n2cc(NC(=O)c3cnn4ccc(N5C[C@H]6C[C@@H]5CO6)nc34)c(C(F)F)n2)CC1)CC(CCCOCCCc1cccc2c1n(C)c(=O)n2C1CCC(=O)NC1=O)C(=O)O. The summed E-state index contributed by atoms with van der Waals surface area (Å²) in [5, 5.41) is 23.6. The first kappa shape index (κ1) is 46.1. The zero-order valence-electron chi connectivity index (χ0n) is 37.7. The maximum Gasteiger partial charge on any atom is 0.329 e. The first-order valence-corrected chi connectivity index (χ1v) is 23.3. The molecule has 3 N–H and O–H groups in total. The van der Waals surface area contributed by atoms with Crippen LogP contribution >= 0.6 is 0 Å². The largest absolute Gasteiger partial charge is 0.481 e. The number of nitrogens with one attached hydrogen (secondary N) is 2. The summed E-state index contributed by atoms with van der Waals surface area (Å²) >= 11 is 0. The molecule has 2 bridgehead atoms. The van der Waals surface area contributed by atoms with E-state index in [4.69, 9.17) is 14.5 Å². The normalized spacial score (nSPS) is 22.4. The van der Waals surface area contributed by atoms with Gasteiger partial charge >= 0.3 is 11.7 Å². The molecule has 4 aliphatic rings. The predicted molar refractivity (Wildman–Crippen MR) is 240 cm³/mol. The van der Waals surface area contributed by atoms with E-state index in [0.717, 1.165) is 30.3 Å². The number of carbonyl (C=O) groups excluding carboxylic acids is 3. The fourth-order valence-electron chi connectivity index (χ4n) is 10.5. The second kappa shape index (κ2) is 19.7. The zero-order chi connectivity index (χ0) is 46.9. The standard InChI is InChI=1S/C46H57F2N11O8/c1-54(23-29(45(63)64)8-5-19-66-18-4-7-28-6-3-9-35-40(28)55(2)46(65)59(35)36-14-15-38(60)52-44(36)62)22-27-10-12-30(13-11-27)58-25-34(39(53-58)41(47)48)50-43(61)33-21-49-57-17-16-37(51-42(33)57)56-24-32-20-31(56)26-67-32/h3,6,9,16-17,21,25,27,29-32,36,41H,4-5,7-8,10-15,18-20,22-24,26H2,1-2H3,(H,50,61)(H,63,64)(H,52,60,62)/t27?,29?,30?,31-,32-,36?/m1/s1. The summed E-state index contributed by atoms with van der Waals surface area (Å²) in [5.41, 5.74) is 1.95. The molecule has 4 fully saturated rings. The number of para-hydroxylation sites is 1. The topological polar surface area (TPSA) is 212 Å². The molecular formula is C46H57F2N11O8. The number of imidazole rings is 1. The fourth-order valence-corrected chi connectivity index (χ4v) is 10.5. The van der Waals surface area contributed by atoms with Crippen molar-refractivity contribution in [3.63, 3.8) is 0 Å². The molecule has 2 unspecified atom stereocenters. The number of carboxylic acid groups (broad SMARTS) is 1. The lowest BCUT2D eigenvalue weighted by Crippen LogP contribution is -2.44. The van der Waals surface area contributed by atoms with Crippen LogP contribution in [0.25, 0.3) is 16.7 Å². The molecule has 9 rings (SSSR count). The van der Waals surface area contributed by atoms with Gasteiger partial charge in [-0.15, -0.1) is 0 Å². The molecule has 7 heterocycles. The van der Waals surface area contributed by atoms with Gasteiger partial charge in [-0.25, -0.2) is 23.1 Å². The van der Waals surface area contributed by atoms with Gasteiger partial charge in [0.15, 0.2) is 11.3 Å². The summed E-state index contributed by atoms with van der Waals surface area (Å²) in [7, 11) is 3.61. The van der Waals surface area contributed by atoms with Crippen molar-refractivity contribution in [2.24, 2.45) is 18.9 Å². The Labute approximate surface area is 384 Å². The summed E-state index contributed by atoms with van der Waals surface area (Å²) in [5.74, 6) is -1.85. The van der Waals surface area contributed by atoms with Crippen LogP contribution in [0.3, 0.4) is 0 Å². The van der Waals surface area contributed by atoms with Gasteiger partial charge in [-0.2, -0.15) is 10.2 Å². The van der Waals surface area contributed by atoms with Gasteiger partial charge in [0.1, 0.15) is 17.4 Å². The second-order valence-corrected chi connectivity index (χ2v) is 18.5. The highest BCUT2D eigenvalue weighted by atomic mass is 19.3. The monoisotopic (exact) mass is 929 g/mol. The number of benzene rings is 1. The van der Waals surface area contributed by atoms with Gasteiger partial charge in [0.2, 0.25) is 11.8 Å². The van der Waals surface area contributed by atoms with E-state index in [2.05, 4.69) is 30.6 Å². The summed E-state index contributed by atoms with van der Waals surface area (Å²) < 4.78 is 46.3. The summed E-state index contributed by atoms with van der Waals surface area (Å²) in [6, 6.07) is 6.80. The number of nitrogens with zero attached hydrogens (tertiary/aromatic N) is 9. The van der Waals surface area contributed by atoms with E-state index in [9.17, 15) is 37.9 Å². The number of aryl methyl sites for hydroxylation is 2. The van der Waals surface area contributed by atoms with Crippen LogP contribution in [0.15, 0.2) is 47.7 Å². The second-order valence-electron chi connectivity index (χ2n) is 18.5. The van der Waals surface area contributed by atoms with Crippen LogP contribution in [0, 0.1) is 11.8 Å². The highest BCUT2D eigenvalue weighted by Gasteiger charge is 2.40. The molecule has 67 heavy (non-hydrogen) atoms. The van der Waals surface area contributed by atoms with Crippen molar-refractivity contribution in [3.05, 3.63) is 70.2 Å². The Balaban J connectivity index is 0.713. The van der Waals surface area contributed by atoms with Crippen molar-refractivity contribution >= 4 is 51.9 Å². The maximum absolute atomic E-state index is 14.3. The molecule has 19 nitrogen and oxygen atoms in total. The summed E-state index contributed by atoms with van der Waals surface area (Å²) in [6.45, 7) is 3.29. The number of fused-ring (bicyclic) bond motifs is 4. The number of hydrogen-bond donors (Lipinski definition) is 3. The number of carboxylic acids is 1. The molecule has 3 amide bonds. The number of carbonyl (C=O) groups is 4. The van der Waals surface area contributed by atoms with Crippen molar-refractivity contribution in [2.45, 2.75) is 101 Å². The number of alkyl halides is 2. The van der Waals surface area contributed by atoms with E-state index in [1.54, 1.807) is 22.5 Å². The third-order valence-corrected chi connectivity index (χ3v) is 13.9. The van der Waals surface area contributed by atoms with Gasteiger partial charge in [0, 0.05) is 58.7 Å². The van der Waals surface area contributed by atoms with E-state index in [0.29, 0.717) is 101 Å². The number of ether oxygens (including phenoxy) is 2. The van der Waals surface area contributed by atoms with Crippen molar-refractivity contribution in [2.75, 3.05) is 56.7 Å². The molecule has 1 aromatic carbocycles. The number of anilines is 2. The first-order valence-electron chi connectivity index (χ1n) is 23.3. The van der Waals surface area contributed by atoms with Crippen LogP contribution < -0.4 is 21.2 Å². The number of morpholine rings is 1. The first-order chi connectivity index (χ1) is 32.3. The Morgan fingerprint density at radius 2 is 1.88 bits per heavy atom. The lowest BCUT2D eigenvalue weighted by atomic mass is 9.85. The Morgan fingerprint density at radius 1 is 1.07 bits per heavy atom. The van der Waals surface area contributed by atoms with Gasteiger partial charge in [0.05, 0.1) is 53.6 Å². The number of aliphatic carboxylic acids is 1. The van der Waals surface area contributed by atoms with E-state index < -0.39 is 41.9 Å². The lowest BCUT2D eigenvalue weighted by Gasteiger charge is -2.32. The Kier molecular flexibility index (Phi) is 13.5. The van der Waals surface area contributed by atoms with Crippen molar-refractivity contribution in [1.82, 2.24) is 43.7 Å². The molecule has 0 radical (unpaired) electrons. The number of halogens is 2.